The maximum atomic E-state index is 12.0. The highest BCUT2D eigenvalue weighted by molar-refractivity contribution is 7.13. The highest BCUT2D eigenvalue weighted by Gasteiger charge is 2.32. The van der Waals surface area contributed by atoms with E-state index in [0.717, 1.165) is 10.6 Å². The van der Waals surface area contributed by atoms with Crippen LogP contribution in [0.25, 0.3) is 10.6 Å². The lowest BCUT2D eigenvalue weighted by molar-refractivity contribution is -0.146. The molecule has 2 heterocycles. The lowest BCUT2D eigenvalue weighted by atomic mass is 9.99. The Balaban J connectivity index is 2.02. The predicted molar refractivity (Wildman–Crippen MR) is 78.0 cm³/mol. The number of carbonyl (C=O) groups excluding carboxylic acids is 1. The Morgan fingerprint density at radius 1 is 1.52 bits per heavy atom. The zero-order chi connectivity index (χ0) is 15.5. The molecule has 6 nitrogen and oxygen atoms in total. The molecule has 0 saturated carbocycles. The van der Waals surface area contributed by atoms with Gasteiger partial charge in [0.1, 0.15) is 16.8 Å². The summed E-state index contributed by atoms with van der Waals surface area (Å²) in [5.74, 6) is -1.40. The molecule has 2 aromatic heterocycles. The van der Waals surface area contributed by atoms with Crippen molar-refractivity contribution in [1.82, 2.24) is 10.3 Å². The van der Waals surface area contributed by atoms with E-state index in [2.05, 4.69) is 10.3 Å². The number of hydrogen-bond acceptors (Lipinski definition) is 5. The van der Waals surface area contributed by atoms with Gasteiger partial charge in [-0.1, -0.05) is 6.92 Å². The molecular weight excluding hydrogens is 292 g/mol. The van der Waals surface area contributed by atoms with Gasteiger partial charge in [0.2, 0.25) is 5.91 Å². The summed E-state index contributed by atoms with van der Waals surface area (Å²) in [5, 5.41) is 14.2. The molecule has 1 atom stereocenters. The number of carboxylic acids is 1. The molecule has 0 spiro atoms. The second-order valence-corrected chi connectivity index (χ2v) is 5.73. The Morgan fingerprint density at radius 3 is 2.86 bits per heavy atom. The minimum atomic E-state index is -1.25. The number of furan rings is 1. The molecule has 0 saturated heterocycles. The van der Waals surface area contributed by atoms with Gasteiger partial charge in [-0.25, -0.2) is 9.78 Å². The van der Waals surface area contributed by atoms with Gasteiger partial charge in [0, 0.05) is 10.9 Å². The number of nitrogens with one attached hydrogen (secondary N) is 1. The van der Waals surface area contributed by atoms with Crippen molar-refractivity contribution < 1.29 is 19.1 Å². The average molecular weight is 308 g/mol. The summed E-state index contributed by atoms with van der Waals surface area (Å²) >= 11 is 1.41. The Morgan fingerprint density at radius 2 is 2.29 bits per heavy atom. The smallest absolute Gasteiger partial charge is 0.329 e. The first-order valence-electron chi connectivity index (χ1n) is 6.46. The van der Waals surface area contributed by atoms with E-state index >= 15 is 0 Å². The van der Waals surface area contributed by atoms with Crippen LogP contribution in [0, 0.1) is 0 Å². The minimum Gasteiger partial charge on any atom is -0.480 e. The second kappa shape index (κ2) is 6.09. The number of nitrogens with zero attached hydrogens (tertiary/aromatic N) is 1. The van der Waals surface area contributed by atoms with Crippen LogP contribution in [0.4, 0.5) is 0 Å². The Bertz CT molecular complexity index is 635. The van der Waals surface area contributed by atoms with Crippen LogP contribution in [0.15, 0.2) is 28.4 Å². The Labute approximate surface area is 125 Å². The molecule has 0 aromatic carbocycles. The van der Waals surface area contributed by atoms with E-state index in [9.17, 15) is 9.59 Å². The van der Waals surface area contributed by atoms with Gasteiger partial charge in [0.25, 0.3) is 0 Å². The first kappa shape index (κ1) is 15.2. The van der Waals surface area contributed by atoms with Gasteiger partial charge >= 0.3 is 5.97 Å². The van der Waals surface area contributed by atoms with Crippen molar-refractivity contribution in [3.8, 4) is 10.6 Å². The van der Waals surface area contributed by atoms with Gasteiger partial charge in [0.15, 0.2) is 0 Å². The van der Waals surface area contributed by atoms with Gasteiger partial charge in [-0.3, -0.25) is 4.79 Å². The van der Waals surface area contributed by atoms with E-state index in [1.54, 1.807) is 30.9 Å². The molecule has 2 N–H and O–H groups in total. The van der Waals surface area contributed by atoms with Crippen molar-refractivity contribution in [3.63, 3.8) is 0 Å². The molecule has 2 rings (SSSR count). The van der Waals surface area contributed by atoms with Crippen LogP contribution in [0.5, 0.6) is 0 Å². The van der Waals surface area contributed by atoms with Crippen molar-refractivity contribution in [1.29, 1.82) is 0 Å². The van der Waals surface area contributed by atoms with Gasteiger partial charge in [0.05, 0.1) is 18.4 Å². The summed E-state index contributed by atoms with van der Waals surface area (Å²) in [6.45, 7) is 3.21. The quantitative estimate of drug-likeness (QED) is 0.854. The number of amides is 1. The predicted octanol–water partition coefficient (Wildman–Crippen LogP) is 2.32. The van der Waals surface area contributed by atoms with Crippen LogP contribution in [0.2, 0.25) is 0 Å². The molecule has 0 aliphatic carbocycles. The van der Waals surface area contributed by atoms with Gasteiger partial charge in [-0.2, -0.15) is 0 Å². The third-order valence-corrected chi connectivity index (χ3v) is 4.20. The number of rotatable bonds is 6. The molecule has 2 aromatic rings. The maximum Gasteiger partial charge on any atom is 0.329 e. The fourth-order valence-corrected chi connectivity index (χ4v) is 2.52. The molecule has 0 aliphatic rings. The van der Waals surface area contributed by atoms with Crippen molar-refractivity contribution in [2.45, 2.75) is 32.2 Å². The molecule has 1 unspecified atom stereocenters. The summed E-state index contributed by atoms with van der Waals surface area (Å²) < 4.78 is 4.99. The monoisotopic (exact) mass is 308 g/mol. The van der Waals surface area contributed by atoms with Crippen LogP contribution in [-0.2, 0) is 16.0 Å². The minimum absolute atomic E-state index is 0.0528. The van der Waals surface area contributed by atoms with E-state index < -0.39 is 11.5 Å². The van der Waals surface area contributed by atoms with Crippen LogP contribution < -0.4 is 5.32 Å². The maximum absolute atomic E-state index is 12.0. The topological polar surface area (TPSA) is 92.4 Å². The summed E-state index contributed by atoms with van der Waals surface area (Å²) in [7, 11) is 0. The summed E-state index contributed by atoms with van der Waals surface area (Å²) in [5.41, 5.74) is 0.216. The van der Waals surface area contributed by atoms with Crippen molar-refractivity contribution in [3.05, 3.63) is 29.7 Å². The van der Waals surface area contributed by atoms with E-state index in [1.165, 1.54) is 18.3 Å². The molecule has 0 fully saturated rings. The number of hydrogen-bond donors (Lipinski definition) is 2. The van der Waals surface area contributed by atoms with Crippen molar-refractivity contribution in [2.24, 2.45) is 0 Å². The van der Waals surface area contributed by atoms with Crippen molar-refractivity contribution in [2.75, 3.05) is 0 Å². The highest BCUT2D eigenvalue weighted by atomic mass is 32.1. The fraction of sp³-hybridized carbons (Fsp3) is 0.357. The standard InChI is InChI=1S/C14H16N2O4S/c1-3-14(2,13(18)19)16-11(17)6-10-8-21-12(15-10)9-4-5-20-7-9/h4-5,7-8H,3,6H2,1-2H3,(H,16,17)(H,18,19). The van der Waals surface area contributed by atoms with Crippen LogP contribution in [-0.4, -0.2) is 27.5 Å². The number of carboxylic acid groups (broad SMARTS) is 1. The molecule has 0 radical (unpaired) electrons. The summed E-state index contributed by atoms with van der Waals surface area (Å²) in [4.78, 5) is 27.5. The largest absolute Gasteiger partial charge is 0.480 e. The van der Waals surface area contributed by atoms with Gasteiger partial charge < -0.3 is 14.8 Å². The average Bonchev–Trinajstić information content (AvgIpc) is 3.08. The van der Waals surface area contributed by atoms with E-state index in [4.69, 9.17) is 9.52 Å². The van der Waals surface area contributed by atoms with E-state index in [-0.39, 0.29) is 12.3 Å². The van der Waals surface area contributed by atoms with Gasteiger partial charge in [-0.05, 0) is 19.4 Å². The normalized spacial score (nSPS) is 13.6. The fourth-order valence-electron chi connectivity index (χ4n) is 1.72. The Kier molecular flexibility index (Phi) is 4.42. The van der Waals surface area contributed by atoms with Gasteiger partial charge in [-0.15, -0.1) is 11.3 Å². The molecule has 21 heavy (non-hydrogen) atoms. The summed E-state index contributed by atoms with van der Waals surface area (Å²) in [6.07, 6.45) is 3.51. The zero-order valence-corrected chi connectivity index (χ0v) is 12.6. The molecule has 112 valence electrons. The molecular formula is C14H16N2O4S. The number of aliphatic carboxylic acids is 1. The highest BCUT2D eigenvalue weighted by Crippen LogP contribution is 2.24. The lowest BCUT2D eigenvalue weighted by Crippen LogP contribution is -2.52. The first-order chi connectivity index (χ1) is 9.94. The first-order valence-corrected chi connectivity index (χ1v) is 7.34. The third-order valence-electron chi connectivity index (χ3n) is 3.26. The van der Waals surface area contributed by atoms with E-state index in [0.29, 0.717) is 12.1 Å². The van der Waals surface area contributed by atoms with E-state index in [1.807, 2.05) is 0 Å². The third kappa shape index (κ3) is 3.49. The lowest BCUT2D eigenvalue weighted by Gasteiger charge is -2.24. The zero-order valence-electron chi connectivity index (χ0n) is 11.8. The summed E-state index contributed by atoms with van der Waals surface area (Å²) in [6, 6.07) is 1.79. The molecule has 0 bridgehead atoms. The second-order valence-electron chi connectivity index (χ2n) is 4.87. The van der Waals surface area contributed by atoms with Crippen LogP contribution >= 0.6 is 11.3 Å². The number of carbonyl (C=O) groups is 2. The van der Waals surface area contributed by atoms with Crippen molar-refractivity contribution >= 4 is 23.2 Å². The SMILES string of the molecule is CCC(C)(NC(=O)Cc1csc(-c2ccoc2)n1)C(=O)O. The molecule has 0 aliphatic heterocycles. The number of thiazole rings is 1. The molecule has 7 heteroatoms. The number of aromatic nitrogens is 1. The Hall–Kier alpha value is -2.15. The molecule has 1 amide bonds. The van der Waals surface area contributed by atoms with Crippen LogP contribution in [0.1, 0.15) is 26.0 Å². The van der Waals surface area contributed by atoms with Crippen LogP contribution in [0.3, 0.4) is 0 Å².